The molecule has 0 unspecified atom stereocenters. The second-order valence-corrected chi connectivity index (χ2v) is 2.81. The van der Waals surface area contributed by atoms with E-state index in [4.69, 9.17) is 38.5 Å². The van der Waals surface area contributed by atoms with Gasteiger partial charge in [-0.05, 0) is 0 Å². The average Bonchev–Trinajstić information content (AvgIpc) is 1.12. The first-order valence-electron chi connectivity index (χ1n) is 1.50. The van der Waals surface area contributed by atoms with Gasteiger partial charge in [-0.25, -0.2) is 0 Å². The maximum Gasteiger partial charge on any atom is 4.00 e. The van der Waals surface area contributed by atoms with Crippen LogP contribution in [-0.4, -0.2) is 26.2 Å². The summed E-state index contributed by atoms with van der Waals surface area (Å²) in [4.78, 5) is 48.6. The molecule has 0 aromatic rings. The Morgan fingerprint density at radius 2 is 0.917 bits per heavy atom. The second kappa shape index (κ2) is 8.02. The molecule has 0 aliphatic rings. The van der Waals surface area contributed by atoms with Crippen LogP contribution in [0.2, 0.25) is 0 Å². The summed E-state index contributed by atoms with van der Waals surface area (Å²) in [6.45, 7) is 0. The number of rotatable bonds is 0. The van der Waals surface area contributed by atoms with Crippen LogP contribution in [0.5, 0.6) is 0 Å². The van der Waals surface area contributed by atoms with E-state index in [2.05, 4.69) is 0 Å². The average molecular weight is 238 g/mol. The van der Waals surface area contributed by atoms with Gasteiger partial charge in [0, 0.05) is 0 Å². The fourth-order valence-electron chi connectivity index (χ4n) is 0. The van der Waals surface area contributed by atoms with E-state index in [1.165, 1.54) is 0 Å². The van der Waals surface area contributed by atoms with Gasteiger partial charge in [0.2, 0.25) is 0 Å². The third kappa shape index (κ3) is 5830. The molecule has 9 nitrogen and oxygen atoms in total. The molecule has 0 aromatic carbocycles. The standard InChI is InChI=1S/2H3O4P.H2O.Si/c2*1-5(2,3)4;;/h2*(H3,1,2,3,4);1H2;/q;;;+4/p-4. The van der Waals surface area contributed by atoms with Crippen molar-refractivity contribution in [3.63, 3.8) is 0 Å². The third-order valence-corrected chi connectivity index (χ3v) is 0. The second-order valence-electron chi connectivity index (χ2n) is 0.938. The predicted molar refractivity (Wildman–Crippen MR) is 29.0 cm³/mol. The van der Waals surface area contributed by atoms with Crippen LogP contribution in [0, 0.1) is 0 Å². The summed E-state index contributed by atoms with van der Waals surface area (Å²) in [5.74, 6) is 0. The van der Waals surface area contributed by atoms with Gasteiger partial charge in [-0.15, -0.1) is 0 Å². The van der Waals surface area contributed by atoms with Gasteiger partial charge >= 0.3 is 11.0 Å². The molecule has 0 bridgehead atoms. The van der Waals surface area contributed by atoms with Gasteiger partial charge in [0.05, 0.1) is 0 Å². The van der Waals surface area contributed by atoms with Gasteiger partial charge in [0.1, 0.15) is 0 Å². The normalized spacial score (nSPS) is 9.83. The van der Waals surface area contributed by atoms with Gasteiger partial charge in [0.25, 0.3) is 7.82 Å². The molecule has 12 heavy (non-hydrogen) atoms. The molecule has 72 valence electrons. The smallest absolute Gasteiger partial charge is 0.822 e. The molecule has 0 aromatic heterocycles. The topological polar surface area (TPSA) is 198 Å². The van der Waals surface area contributed by atoms with Crippen LogP contribution in [0.25, 0.3) is 0 Å². The Morgan fingerprint density at radius 3 is 0.917 bits per heavy atom. The summed E-state index contributed by atoms with van der Waals surface area (Å²) in [5.41, 5.74) is 0. The predicted octanol–water partition coefficient (Wildman–Crippen LogP) is -5.59. The first kappa shape index (κ1) is 22.8. The first-order valence-corrected chi connectivity index (χ1v) is 4.49. The maximum absolute atomic E-state index is 8.77. The van der Waals surface area contributed by atoms with Gasteiger partial charge in [-0.3, -0.25) is 4.57 Å². The van der Waals surface area contributed by atoms with Crippen molar-refractivity contribution >= 4 is 26.6 Å². The fraction of sp³-hybridized carbons (Fsp3) is 0. The molecule has 0 aliphatic carbocycles. The third-order valence-electron chi connectivity index (χ3n) is 0. The SMILES string of the molecule is O.O=P([O-])(O)O.O=P([O-])([O-])[O-].[Si+4]. The molecule has 0 saturated heterocycles. The maximum atomic E-state index is 8.77. The van der Waals surface area contributed by atoms with E-state index in [0.29, 0.717) is 0 Å². The van der Waals surface area contributed by atoms with Crippen molar-refractivity contribution < 1.29 is 44.0 Å². The van der Waals surface area contributed by atoms with Crippen molar-refractivity contribution in [2.75, 3.05) is 0 Å². The molecular formula is H4O9P2Si. The molecule has 0 saturated carbocycles. The Bertz CT molecular complexity index is 125. The Morgan fingerprint density at radius 1 is 0.917 bits per heavy atom. The molecule has 0 fully saturated rings. The molecule has 0 amide bonds. The Hall–Kier alpha value is 0.397. The molecule has 0 aliphatic heterocycles. The van der Waals surface area contributed by atoms with Gasteiger partial charge in [-0.2, -0.15) is 7.82 Å². The molecule has 4 N–H and O–H groups in total. The van der Waals surface area contributed by atoms with Crippen molar-refractivity contribution in [2.45, 2.75) is 0 Å². The van der Waals surface area contributed by atoms with E-state index in [9.17, 15) is 0 Å². The zero-order valence-electron chi connectivity index (χ0n) is 5.24. The monoisotopic (exact) mass is 238 g/mol. The summed E-state index contributed by atoms with van der Waals surface area (Å²) < 4.78 is 17.3. The zero-order valence-corrected chi connectivity index (χ0v) is 8.03. The molecule has 0 rings (SSSR count). The quantitative estimate of drug-likeness (QED) is 0.307. The summed E-state index contributed by atoms with van der Waals surface area (Å²) in [5, 5.41) is 0. The van der Waals surface area contributed by atoms with E-state index in [1.807, 2.05) is 0 Å². The van der Waals surface area contributed by atoms with Crippen LogP contribution in [0.1, 0.15) is 0 Å². The minimum absolute atomic E-state index is 0. The van der Waals surface area contributed by atoms with Gasteiger partial charge in [-0.1, -0.05) is 0 Å². The Kier molecular flexibility index (Phi) is 15.3. The van der Waals surface area contributed by atoms with Crippen molar-refractivity contribution in [2.24, 2.45) is 0 Å². The van der Waals surface area contributed by atoms with Crippen LogP contribution in [-0.2, 0) is 9.13 Å². The van der Waals surface area contributed by atoms with E-state index in [-0.39, 0.29) is 16.4 Å². The Balaban J connectivity index is -0.0000000457. The van der Waals surface area contributed by atoms with Gasteiger partial charge < -0.3 is 39.4 Å². The van der Waals surface area contributed by atoms with Gasteiger partial charge in [0.15, 0.2) is 0 Å². The molecule has 0 spiro atoms. The largest absolute Gasteiger partial charge is 4.00 e. The summed E-state index contributed by atoms with van der Waals surface area (Å²) in [6.07, 6.45) is 0. The van der Waals surface area contributed by atoms with Crippen LogP contribution < -0.4 is 19.6 Å². The Labute approximate surface area is 71.5 Å². The van der Waals surface area contributed by atoms with Crippen LogP contribution >= 0.6 is 15.6 Å². The van der Waals surface area contributed by atoms with Crippen molar-refractivity contribution in [1.29, 1.82) is 0 Å². The van der Waals surface area contributed by atoms with E-state index in [0.717, 1.165) is 0 Å². The van der Waals surface area contributed by atoms with Crippen molar-refractivity contribution in [3.8, 4) is 0 Å². The van der Waals surface area contributed by atoms with E-state index in [1.54, 1.807) is 0 Å². The summed E-state index contributed by atoms with van der Waals surface area (Å²) in [6, 6.07) is 0. The minimum atomic E-state index is -5.39. The number of hydrogen-bond donors (Lipinski definition) is 2. The molecule has 12 heteroatoms. The van der Waals surface area contributed by atoms with Crippen molar-refractivity contribution in [3.05, 3.63) is 0 Å². The van der Waals surface area contributed by atoms with Crippen LogP contribution in [0.4, 0.5) is 0 Å². The molecular weight excluding hydrogens is 234 g/mol. The summed E-state index contributed by atoms with van der Waals surface area (Å²) in [7, 11) is -10.3. The molecule has 0 atom stereocenters. The van der Waals surface area contributed by atoms with Crippen LogP contribution in [0.3, 0.4) is 0 Å². The molecule has 0 radical (unpaired) electrons. The number of hydrogen-bond acceptors (Lipinski definition) is 6. The summed E-state index contributed by atoms with van der Waals surface area (Å²) >= 11 is 0. The minimum Gasteiger partial charge on any atom is -0.822 e. The zero-order chi connectivity index (χ0) is 9.00. The number of phosphoric acid groups is 2. The molecule has 0 heterocycles. The van der Waals surface area contributed by atoms with Crippen molar-refractivity contribution in [1.82, 2.24) is 0 Å². The van der Waals surface area contributed by atoms with E-state index >= 15 is 0 Å². The fourth-order valence-corrected chi connectivity index (χ4v) is 0. The van der Waals surface area contributed by atoms with E-state index < -0.39 is 15.6 Å². The van der Waals surface area contributed by atoms with Crippen LogP contribution in [0.15, 0.2) is 0 Å². The first-order chi connectivity index (χ1) is 4.00.